The summed E-state index contributed by atoms with van der Waals surface area (Å²) in [7, 11) is 0. The van der Waals surface area contributed by atoms with Crippen LogP contribution in [-0.4, -0.2) is 19.2 Å². The third-order valence-corrected chi connectivity index (χ3v) is 2.35. The zero-order chi connectivity index (χ0) is 12.8. The fourth-order valence-corrected chi connectivity index (χ4v) is 1.53. The van der Waals surface area contributed by atoms with Crippen LogP contribution in [0, 0.1) is 0 Å². The Kier molecular flexibility index (Phi) is 5.25. The number of hydrogen-bond donors (Lipinski definition) is 1. The Balaban J connectivity index is 2.73. The average Bonchev–Trinajstić information content (AvgIpc) is 2.27. The molecule has 0 heterocycles. The van der Waals surface area contributed by atoms with E-state index >= 15 is 0 Å². The second kappa shape index (κ2) is 6.47. The molecule has 1 atom stereocenters. The van der Waals surface area contributed by atoms with E-state index < -0.39 is 5.97 Å². The molecule has 0 unspecified atom stereocenters. The van der Waals surface area contributed by atoms with Gasteiger partial charge in [-0.05, 0) is 32.0 Å². The summed E-state index contributed by atoms with van der Waals surface area (Å²) in [6, 6.07) is 4.90. The number of halogens is 1. The van der Waals surface area contributed by atoms with Gasteiger partial charge in [0.2, 0.25) is 0 Å². The van der Waals surface area contributed by atoms with Crippen LogP contribution in [0.3, 0.4) is 0 Å². The SMILES string of the molecule is CCOC(=O)COc1ccc(Cl)cc1[C@H](C)N. The predicted octanol–water partition coefficient (Wildman–Crippen LogP) is 2.30. The molecule has 0 aliphatic rings. The van der Waals surface area contributed by atoms with E-state index in [2.05, 4.69) is 0 Å². The third kappa shape index (κ3) is 4.24. The zero-order valence-electron chi connectivity index (χ0n) is 9.90. The standard InChI is InChI=1S/C12H16ClNO3/c1-3-16-12(15)7-17-11-5-4-9(13)6-10(11)8(2)14/h4-6,8H,3,7,14H2,1-2H3/t8-/m0/s1. The number of carbonyl (C=O) groups excluding carboxylic acids is 1. The highest BCUT2D eigenvalue weighted by Crippen LogP contribution is 2.27. The smallest absolute Gasteiger partial charge is 0.344 e. The molecule has 17 heavy (non-hydrogen) atoms. The van der Waals surface area contributed by atoms with Crippen LogP contribution in [0.1, 0.15) is 25.5 Å². The second-order valence-electron chi connectivity index (χ2n) is 3.56. The van der Waals surface area contributed by atoms with Crippen molar-refractivity contribution in [2.75, 3.05) is 13.2 Å². The van der Waals surface area contributed by atoms with Crippen molar-refractivity contribution in [1.29, 1.82) is 0 Å². The normalized spacial score (nSPS) is 12.0. The molecule has 0 fully saturated rings. The molecule has 0 saturated heterocycles. The van der Waals surface area contributed by atoms with Crippen molar-refractivity contribution < 1.29 is 14.3 Å². The lowest BCUT2D eigenvalue weighted by molar-refractivity contribution is -0.145. The summed E-state index contributed by atoms with van der Waals surface area (Å²) >= 11 is 5.87. The highest BCUT2D eigenvalue weighted by atomic mass is 35.5. The van der Waals surface area contributed by atoms with Crippen LogP contribution >= 0.6 is 11.6 Å². The van der Waals surface area contributed by atoms with Crippen molar-refractivity contribution in [1.82, 2.24) is 0 Å². The summed E-state index contributed by atoms with van der Waals surface area (Å²) in [4.78, 5) is 11.2. The largest absolute Gasteiger partial charge is 0.482 e. The van der Waals surface area contributed by atoms with Gasteiger partial charge in [0.05, 0.1) is 6.61 Å². The van der Waals surface area contributed by atoms with Crippen molar-refractivity contribution in [3.8, 4) is 5.75 Å². The molecule has 0 amide bonds. The highest BCUT2D eigenvalue weighted by Gasteiger charge is 2.11. The van der Waals surface area contributed by atoms with Gasteiger partial charge in [0.15, 0.2) is 6.61 Å². The summed E-state index contributed by atoms with van der Waals surface area (Å²) in [6.45, 7) is 3.77. The molecule has 94 valence electrons. The minimum Gasteiger partial charge on any atom is -0.482 e. The number of rotatable bonds is 5. The molecule has 0 aliphatic carbocycles. The maximum absolute atomic E-state index is 11.2. The van der Waals surface area contributed by atoms with E-state index in [0.717, 1.165) is 5.56 Å². The predicted molar refractivity (Wildman–Crippen MR) is 66.2 cm³/mol. The van der Waals surface area contributed by atoms with Gasteiger partial charge in [-0.1, -0.05) is 11.6 Å². The van der Waals surface area contributed by atoms with Gasteiger partial charge in [0.1, 0.15) is 5.75 Å². The quantitative estimate of drug-likeness (QED) is 0.823. The topological polar surface area (TPSA) is 61.5 Å². The van der Waals surface area contributed by atoms with Gasteiger partial charge in [-0.15, -0.1) is 0 Å². The van der Waals surface area contributed by atoms with Crippen LogP contribution < -0.4 is 10.5 Å². The van der Waals surface area contributed by atoms with Crippen molar-refractivity contribution in [3.05, 3.63) is 28.8 Å². The Morgan fingerprint density at radius 2 is 2.24 bits per heavy atom. The summed E-state index contributed by atoms with van der Waals surface area (Å²) in [5.41, 5.74) is 6.56. The van der Waals surface area contributed by atoms with Crippen molar-refractivity contribution in [2.24, 2.45) is 5.73 Å². The van der Waals surface area contributed by atoms with Gasteiger partial charge >= 0.3 is 5.97 Å². The molecule has 4 nitrogen and oxygen atoms in total. The van der Waals surface area contributed by atoms with Crippen LogP contribution in [0.4, 0.5) is 0 Å². The average molecular weight is 258 g/mol. The minimum atomic E-state index is -0.405. The summed E-state index contributed by atoms with van der Waals surface area (Å²) < 4.78 is 10.1. The van der Waals surface area contributed by atoms with Gasteiger partial charge in [-0.2, -0.15) is 0 Å². The van der Waals surface area contributed by atoms with Crippen molar-refractivity contribution >= 4 is 17.6 Å². The van der Waals surface area contributed by atoms with E-state index in [1.54, 1.807) is 25.1 Å². The number of nitrogens with two attached hydrogens (primary N) is 1. The first kappa shape index (κ1) is 13.8. The second-order valence-corrected chi connectivity index (χ2v) is 4.00. The lowest BCUT2D eigenvalue weighted by atomic mass is 10.1. The van der Waals surface area contributed by atoms with Crippen molar-refractivity contribution in [2.45, 2.75) is 19.9 Å². The van der Waals surface area contributed by atoms with Crippen LogP contribution in [0.2, 0.25) is 5.02 Å². The number of esters is 1. The van der Waals surface area contributed by atoms with Crippen LogP contribution in [0.25, 0.3) is 0 Å². The molecule has 0 bridgehead atoms. The van der Waals surface area contributed by atoms with Crippen LogP contribution in [-0.2, 0) is 9.53 Å². The molecule has 0 aromatic heterocycles. The number of carbonyl (C=O) groups is 1. The minimum absolute atomic E-state index is 0.130. The van der Waals surface area contributed by atoms with E-state index in [0.29, 0.717) is 17.4 Å². The third-order valence-electron chi connectivity index (χ3n) is 2.11. The molecule has 5 heteroatoms. The molecule has 0 radical (unpaired) electrons. The Morgan fingerprint density at radius 1 is 1.53 bits per heavy atom. The van der Waals surface area contributed by atoms with Gasteiger partial charge in [0.25, 0.3) is 0 Å². The van der Waals surface area contributed by atoms with Crippen LogP contribution in [0.5, 0.6) is 5.75 Å². The van der Waals surface area contributed by atoms with Gasteiger partial charge in [0, 0.05) is 16.6 Å². The first-order valence-electron chi connectivity index (χ1n) is 5.38. The molecule has 1 rings (SSSR count). The van der Waals surface area contributed by atoms with Gasteiger partial charge in [-0.3, -0.25) is 0 Å². The fraction of sp³-hybridized carbons (Fsp3) is 0.417. The number of ether oxygens (including phenoxy) is 2. The fourth-order valence-electron chi connectivity index (χ4n) is 1.35. The van der Waals surface area contributed by atoms with Gasteiger partial charge in [-0.25, -0.2) is 4.79 Å². The van der Waals surface area contributed by atoms with E-state index in [4.69, 9.17) is 26.8 Å². The first-order valence-corrected chi connectivity index (χ1v) is 5.75. The first-order chi connectivity index (χ1) is 8.04. The Morgan fingerprint density at radius 3 is 2.82 bits per heavy atom. The van der Waals surface area contributed by atoms with Gasteiger partial charge < -0.3 is 15.2 Å². The summed E-state index contributed by atoms with van der Waals surface area (Å²) in [6.07, 6.45) is 0. The molecule has 1 aromatic rings. The molecule has 0 saturated carbocycles. The Labute approximate surface area is 106 Å². The highest BCUT2D eigenvalue weighted by molar-refractivity contribution is 6.30. The molecular weight excluding hydrogens is 242 g/mol. The Hall–Kier alpha value is -1.26. The molecule has 0 aliphatic heterocycles. The summed E-state index contributed by atoms with van der Waals surface area (Å²) in [5, 5.41) is 0.584. The molecule has 1 aromatic carbocycles. The monoisotopic (exact) mass is 257 g/mol. The Bertz CT molecular complexity index is 393. The van der Waals surface area contributed by atoms with Crippen molar-refractivity contribution in [3.63, 3.8) is 0 Å². The zero-order valence-corrected chi connectivity index (χ0v) is 10.7. The van der Waals surface area contributed by atoms with E-state index in [9.17, 15) is 4.79 Å². The van der Waals surface area contributed by atoms with E-state index in [1.807, 2.05) is 6.92 Å². The maximum atomic E-state index is 11.2. The lowest BCUT2D eigenvalue weighted by Crippen LogP contribution is -2.16. The van der Waals surface area contributed by atoms with E-state index in [1.165, 1.54) is 0 Å². The lowest BCUT2D eigenvalue weighted by Gasteiger charge is -2.13. The number of hydrogen-bond acceptors (Lipinski definition) is 4. The maximum Gasteiger partial charge on any atom is 0.344 e. The molecule has 0 spiro atoms. The summed E-state index contributed by atoms with van der Waals surface area (Å²) in [5.74, 6) is 0.149. The number of benzene rings is 1. The van der Waals surface area contributed by atoms with E-state index in [-0.39, 0.29) is 12.6 Å². The molecule has 2 N–H and O–H groups in total. The molecular formula is C12H16ClNO3. The van der Waals surface area contributed by atoms with Crippen LogP contribution in [0.15, 0.2) is 18.2 Å².